The highest BCUT2D eigenvalue weighted by Gasteiger charge is 1.96. The number of aryl methyl sites for hydroxylation is 1. The monoisotopic (exact) mass is 143 g/mol. The molecule has 0 unspecified atom stereocenters. The Balaban J connectivity index is 2.94. The summed E-state index contributed by atoms with van der Waals surface area (Å²) in [6.07, 6.45) is 1.26. The molecule has 0 aliphatic heterocycles. The van der Waals surface area contributed by atoms with Crippen molar-refractivity contribution in [2.75, 3.05) is 0 Å². The molecule has 0 atom stereocenters. The van der Waals surface area contributed by atoms with Crippen molar-refractivity contribution in [3.05, 3.63) is 11.4 Å². The fraction of sp³-hybridized carbons (Fsp3) is 0.250. The van der Waals surface area contributed by atoms with Gasteiger partial charge in [0.05, 0.1) is 23.6 Å². The van der Waals surface area contributed by atoms with Crippen LogP contribution in [0.4, 0.5) is 0 Å². The van der Waals surface area contributed by atoms with Gasteiger partial charge in [-0.3, -0.25) is 0 Å². The molecular weight excluding hydrogens is 138 g/mol. The number of nitrogens with zero attached hydrogens (tertiary/aromatic N) is 3. The van der Waals surface area contributed by atoms with Crippen molar-refractivity contribution in [3.63, 3.8) is 0 Å². The number of aromatic nitrogens is 2. The molecule has 0 saturated carbocycles. The van der Waals surface area contributed by atoms with Crippen molar-refractivity contribution < 1.29 is 5.21 Å². The molecule has 0 aliphatic rings. The molecule has 1 heterocycles. The predicted octanol–water partition coefficient (Wildman–Crippen LogP) is 0.655. The molecule has 1 N–H and O–H groups in total. The average Bonchev–Trinajstić information content (AvgIpc) is 2.18. The zero-order valence-electron chi connectivity index (χ0n) is 4.77. The first-order chi connectivity index (χ1) is 4.34. The summed E-state index contributed by atoms with van der Waals surface area (Å²) in [6.45, 7) is 1.81. The van der Waals surface area contributed by atoms with Crippen molar-refractivity contribution in [2.45, 2.75) is 6.92 Å². The third-order valence-electron chi connectivity index (χ3n) is 0.868. The van der Waals surface area contributed by atoms with Crippen LogP contribution < -0.4 is 0 Å². The molecule has 48 valence electrons. The van der Waals surface area contributed by atoms with Gasteiger partial charge in [0.1, 0.15) is 5.69 Å². The first-order valence-electron chi connectivity index (χ1n) is 2.31. The Morgan fingerprint density at radius 1 is 1.67 bits per heavy atom. The Hall–Kier alpha value is -0.970. The molecule has 0 saturated heterocycles. The minimum absolute atomic E-state index is 0.627. The van der Waals surface area contributed by atoms with Gasteiger partial charge < -0.3 is 5.21 Å². The standard InChI is InChI=1S/C4H5N3OS/c1-3-4(2-5-8)7-9-6-3/h2,8H,1H3/b5-2+. The van der Waals surface area contributed by atoms with Crippen LogP contribution in [-0.2, 0) is 0 Å². The van der Waals surface area contributed by atoms with E-state index >= 15 is 0 Å². The van der Waals surface area contributed by atoms with Gasteiger partial charge in [-0.2, -0.15) is 8.75 Å². The normalized spacial score (nSPS) is 10.8. The van der Waals surface area contributed by atoms with E-state index in [0.29, 0.717) is 5.69 Å². The number of oxime groups is 1. The first-order valence-corrected chi connectivity index (χ1v) is 3.04. The quantitative estimate of drug-likeness (QED) is 0.357. The lowest BCUT2D eigenvalue weighted by Gasteiger charge is -1.78. The molecular formula is C4H5N3OS. The second kappa shape index (κ2) is 2.54. The molecule has 0 aromatic carbocycles. The third-order valence-corrected chi connectivity index (χ3v) is 1.50. The van der Waals surface area contributed by atoms with Crippen molar-refractivity contribution in [1.82, 2.24) is 8.75 Å². The fourth-order valence-electron chi connectivity index (χ4n) is 0.410. The van der Waals surface area contributed by atoms with Crippen LogP contribution in [0.1, 0.15) is 11.4 Å². The largest absolute Gasteiger partial charge is 0.411 e. The summed E-state index contributed by atoms with van der Waals surface area (Å²) in [4.78, 5) is 0. The van der Waals surface area contributed by atoms with E-state index in [0.717, 1.165) is 17.4 Å². The number of hydrogen-bond donors (Lipinski definition) is 1. The van der Waals surface area contributed by atoms with E-state index in [1.54, 1.807) is 6.92 Å². The second-order valence-electron chi connectivity index (χ2n) is 1.48. The zero-order chi connectivity index (χ0) is 6.69. The maximum atomic E-state index is 8.07. The maximum absolute atomic E-state index is 8.07. The minimum atomic E-state index is 0.627. The van der Waals surface area contributed by atoms with Gasteiger partial charge in [-0.15, -0.1) is 0 Å². The van der Waals surface area contributed by atoms with E-state index in [1.165, 1.54) is 6.21 Å². The molecule has 1 aromatic rings. The van der Waals surface area contributed by atoms with Gasteiger partial charge in [0.2, 0.25) is 0 Å². The van der Waals surface area contributed by atoms with Crippen molar-refractivity contribution in [3.8, 4) is 0 Å². The fourth-order valence-corrected chi connectivity index (χ4v) is 0.934. The van der Waals surface area contributed by atoms with Crippen LogP contribution in [-0.4, -0.2) is 20.2 Å². The molecule has 1 aromatic heterocycles. The van der Waals surface area contributed by atoms with E-state index in [1.807, 2.05) is 0 Å². The van der Waals surface area contributed by atoms with Crippen LogP contribution in [0.2, 0.25) is 0 Å². The minimum Gasteiger partial charge on any atom is -0.411 e. The second-order valence-corrected chi connectivity index (χ2v) is 2.01. The lowest BCUT2D eigenvalue weighted by molar-refractivity contribution is 0.321. The van der Waals surface area contributed by atoms with E-state index in [2.05, 4.69) is 13.9 Å². The lowest BCUT2D eigenvalue weighted by Crippen LogP contribution is -1.83. The highest BCUT2D eigenvalue weighted by Crippen LogP contribution is 1.99. The topological polar surface area (TPSA) is 58.4 Å². The smallest absolute Gasteiger partial charge is 0.121 e. The van der Waals surface area contributed by atoms with E-state index in [4.69, 9.17) is 5.21 Å². The van der Waals surface area contributed by atoms with Gasteiger partial charge in [0.15, 0.2) is 0 Å². The van der Waals surface area contributed by atoms with Crippen LogP contribution in [0.5, 0.6) is 0 Å². The van der Waals surface area contributed by atoms with Gasteiger partial charge in [-0.1, -0.05) is 5.16 Å². The van der Waals surface area contributed by atoms with Gasteiger partial charge in [0, 0.05) is 0 Å². The molecule has 0 fully saturated rings. The van der Waals surface area contributed by atoms with Crippen LogP contribution in [0.15, 0.2) is 5.16 Å². The Labute approximate surface area is 56.2 Å². The molecule has 5 heteroatoms. The van der Waals surface area contributed by atoms with E-state index in [9.17, 15) is 0 Å². The first kappa shape index (κ1) is 6.15. The van der Waals surface area contributed by atoms with Gasteiger partial charge >= 0.3 is 0 Å². The molecule has 9 heavy (non-hydrogen) atoms. The van der Waals surface area contributed by atoms with E-state index in [-0.39, 0.29) is 0 Å². The Kier molecular flexibility index (Phi) is 1.74. The highest BCUT2D eigenvalue weighted by atomic mass is 32.1. The number of rotatable bonds is 1. The lowest BCUT2D eigenvalue weighted by atomic mass is 10.4. The number of hydrogen-bond acceptors (Lipinski definition) is 5. The molecule has 0 bridgehead atoms. The molecule has 0 aliphatic carbocycles. The Bertz CT molecular complexity index is 219. The highest BCUT2D eigenvalue weighted by molar-refractivity contribution is 6.99. The SMILES string of the molecule is Cc1nsnc1/C=N/O. The van der Waals surface area contributed by atoms with Crippen LogP contribution in [0.3, 0.4) is 0 Å². The van der Waals surface area contributed by atoms with Gasteiger partial charge in [-0.25, -0.2) is 0 Å². The van der Waals surface area contributed by atoms with Crippen molar-refractivity contribution in [1.29, 1.82) is 0 Å². The molecule has 4 nitrogen and oxygen atoms in total. The Morgan fingerprint density at radius 3 is 2.89 bits per heavy atom. The van der Waals surface area contributed by atoms with Crippen molar-refractivity contribution in [2.24, 2.45) is 5.16 Å². The summed E-state index contributed by atoms with van der Waals surface area (Å²) in [5.41, 5.74) is 1.42. The summed E-state index contributed by atoms with van der Waals surface area (Å²) in [6, 6.07) is 0. The molecule has 0 radical (unpaired) electrons. The predicted molar refractivity (Wildman–Crippen MR) is 34.0 cm³/mol. The maximum Gasteiger partial charge on any atom is 0.121 e. The third kappa shape index (κ3) is 1.23. The van der Waals surface area contributed by atoms with Crippen LogP contribution in [0.25, 0.3) is 0 Å². The Morgan fingerprint density at radius 2 is 2.44 bits per heavy atom. The van der Waals surface area contributed by atoms with Crippen molar-refractivity contribution >= 4 is 17.9 Å². The molecule has 0 spiro atoms. The average molecular weight is 143 g/mol. The van der Waals surface area contributed by atoms with Crippen LogP contribution in [0, 0.1) is 6.92 Å². The van der Waals surface area contributed by atoms with Gasteiger partial charge in [0.25, 0.3) is 0 Å². The summed E-state index contributed by atoms with van der Waals surface area (Å²) >= 11 is 1.10. The summed E-state index contributed by atoms with van der Waals surface area (Å²) in [5.74, 6) is 0. The summed E-state index contributed by atoms with van der Waals surface area (Å²) in [7, 11) is 0. The molecule has 0 amide bonds. The summed E-state index contributed by atoms with van der Waals surface area (Å²) < 4.78 is 7.69. The zero-order valence-corrected chi connectivity index (χ0v) is 5.59. The van der Waals surface area contributed by atoms with Crippen LogP contribution >= 0.6 is 11.7 Å². The molecule has 1 rings (SSSR count). The summed E-state index contributed by atoms with van der Waals surface area (Å²) in [5, 5.41) is 10.9. The van der Waals surface area contributed by atoms with E-state index < -0.39 is 0 Å². The van der Waals surface area contributed by atoms with Gasteiger partial charge in [-0.05, 0) is 6.92 Å².